The molecule has 0 aliphatic carbocycles. The fourth-order valence-electron chi connectivity index (χ4n) is 6.51. The molecule has 2 atom stereocenters. The molecule has 0 saturated heterocycles. The molecule has 314 valence electrons. The minimum Gasteiger partial charge on any atom is -0.462 e. The third kappa shape index (κ3) is 40.3. The van der Waals surface area contributed by atoms with Crippen molar-refractivity contribution >= 4 is 19.8 Å². The Kier molecular flexibility index (Phi) is 39.5. The van der Waals surface area contributed by atoms with Gasteiger partial charge >= 0.3 is 19.8 Å². The van der Waals surface area contributed by atoms with Crippen LogP contribution >= 0.6 is 7.82 Å². The van der Waals surface area contributed by atoms with E-state index < -0.39 is 19.9 Å². The molecule has 9 heteroatoms. The van der Waals surface area contributed by atoms with Gasteiger partial charge in [-0.2, -0.15) is 0 Å². The van der Waals surface area contributed by atoms with Crippen LogP contribution in [0.3, 0.4) is 0 Å². The lowest BCUT2D eigenvalue weighted by molar-refractivity contribution is -0.161. The van der Waals surface area contributed by atoms with Gasteiger partial charge in [0.15, 0.2) is 6.10 Å². The molecule has 0 aromatic heterocycles. The van der Waals surface area contributed by atoms with Gasteiger partial charge in [0.2, 0.25) is 0 Å². The molecular weight excluding hydrogens is 687 g/mol. The van der Waals surface area contributed by atoms with Crippen LogP contribution in [0.15, 0.2) is 12.2 Å². The van der Waals surface area contributed by atoms with Crippen LogP contribution in [0.2, 0.25) is 0 Å². The zero-order valence-electron chi connectivity index (χ0n) is 34.9. The first kappa shape index (κ1) is 51.8. The van der Waals surface area contributed by atoms with E-state index in [1.54, 1.807) is 6.92 Å². The van der Waals surface area contributed by atoms with Crippen LogP contribution in [0.25, 0.3) is 0 Å². The Morgan fingerprint density at radius 1 is 0.491 bits per heavy atom. The van der Waals surface area contributed by atoms with E-state index in [9.17, 15) is 19.0 Å². The maximum Gasteiger partial charge on any atom is 0.472 e. The zero-order valence-corrected chi connectivity index (χ0v) is 35.8. The van der Waals surface area contributed by atoms with E-state index in [0.717, 1.165) is 38.5 Å². The highest BCUT2D eigenvalue weighted by Crippen LogP contribution is 2.43. The van der Waals surface area contributed by atoms with Crippen LogP contribution in [-0.2, 0) is 32.7 Å². The first-order valence-electron chi connectivity index (χ1n) is 22.5. The summed E-state index contributed by atoms with van der Waals surface area (Å²) in [5, 5.41) is 0. The molecule has 0 bridgehead atoms. The SMILES string of the molecule is CCCCCCCCCC/C=C\CCCCCCCCCCCCCC(=O)OC(COC(=O)CCCCCCCCCCCC)COP(=O)(O)OCC. The molecule has 0 heterocycles. The molecular formula is C44H85O8P. The molecule has 0 radical (unpaired) electrons. The lowest BCUT2D eigenvalue weighted by Gasteiger charge is -2.19. The number of unbranched alkanes of at least 4 members (excludes halogenated alkanes) is 28. The van der Waals surface area contributed by atoms with Crippen molar-refractivity contribution in [2.75, 3.05) is 19.8 Å². The van der Waals surface area contributed by atoms with Gasteiger partial charge in [-0.05, 0) is 45.4 Å². The highest BCUT2D eigenvalue weighted by molar-refractivity contribution is 7.47. The first-order chi connectivity index (χ1) is 25.8. The molecule has 0 aromatic carbocycles. The molecule has 0 aromatic rings. The Balaban J connectivity index is 3.94. The second-order valence-corrected chi connectivity index (χ2v) is 16.5. The number of phosphoric acid groups is 1. The second kappa shape index (κ2) is 40.5. The van der Waals surface area contributed by atoms with Crippen molar-refractivity contribution in [3.63, 3.8) is 0 Å². The van der Waals surface area contributed by atoms with Gasteiger partial charge in [0, 0.05) is 12.8 Å². The normalized spacial score (nSPS) is 13.4. The molecule has 8 nitrogen and oxygen atoms in total. The molecule has 53 heavy (non-hydrogen) atoms. The maximum atomic E-state index is 12.6. The molecule has 0 rings (SSSR count). The van der Waals surface area contributed by atoms with Gasteiger partial charge in [0.05, 0.1) is 13.2 Å². The Morgan fingerprint density at radius 3 is 1.25 bits per heavy atom. The molecule has 0 saturated carbocycles. The van der Waals surface area contributed by atoms with E-state index in [0.29, 0.717) is 6.42 Å². The summed E-state index contributed by atoms with van der Waals surface area (Å²) in [7, 11) is -4.27. The highest BCUT2D eigenvalue weighted by Gasteiger charge is 2.25. The van der Waals surface area contributed by atoms with Crippen LogP contribution in [0.1, 0.15) is 233 Å². The molecule has 0 aliphatic rings. The quantitative estimate of drug-likeness (QED) is 0.0283. The average Bonchev–Trinajstić information content (AvgIpc) is 3.13. The van der Waals surface area contributed by atoms with Gasteiger partial charge in [0.25, 0.3) is 0 Å². The summed E-state index contributed by atoms with van der Waals surface area (Å²) in [6, 6.07) is 0. The number of phosphoric ester groups is 1. The van der Waals surface area contributed by atoms with Gasteiger partial charge in [-0.15, -0.1) is 0 Å². The average molecular weight is 773 g/mol. The third-order valence-corrected chi connectivity index (χ3v) is 10.9. The monoisotopic (exact) mass is 773 g/mol. The highest BCUT2D eigenvalue weighted by atomic mass is 31.2. The van der Waals surface area contributed by atoms with Gasteiger partial charge in [-0.3, -0.25) is 18.6 Å². The standard InChI is InChI=1S/C44H85O8P/c1-4-7-9-11-13-15-17-18-19-20-21-22-23-24-25-26-27-28-29-31-33-35-37-39-44(46)52-42(41-51-53(47,48)50-6-3)40-49-43(45)38-36-34-32-30-16-14-12-10-8-5-2/h20-21,42H,4-19,22-41H2,1-3H3,(H,47,48)/b21-20-. The smallest absolute Gasteiger partial charge is 0.462 e. The number of ether oxygens (including phenoxy) is 2. The van der Waals surface area contributed by atoms with Crippen molar-refractivity contribution in [3.8, 4) is 0 Å². The van der Waals surface area contributed by atoms with E-state index in [4.69, 9.17) is 18.5 Å². The first-order valence-corrected chi connectivity index (χ1v) is 24.0. The number of hydrogen-bond donors (Lipinski definition) is 1. The van der Waals surface area contributed by atoms with Crippen LogP contribution < -0.4 is 0 Å². The molecule has 0 amide bonds. The van der Waals surface area contributed by atoms with Gasteiger partial charge in [-0.1, -0.05) is 187 Å². The van der Waals surface area contributed by atoms with Crippen LogP contribution in [-0.4, -0.2) is 42.8 Å². The van der Waals surface area contributed by atoms with E-state index in [1.165, 1.54) is 161 Å². The predicted octanol–water partition coefficient (Wildman–Crippen LogP) is 14.1. The topological polar surface area (TPSA) is 108 Å². The zero-order chi connectivity index (χ0) is 38.9. The number of rotatable bonds is 42. The summed E-state index contributed by atoms with van der Waals surface area (Å²) in [6.45, 7) is 5.49. The number of carbonyl (C=O) groups is 2. The Labute approximate surface area is 327 Å². The van der Waals surface area contributed by atoms with E-state index in [1.807, 2.05) is 0 Å². The second-order valence-electron chi connectivity index (χ2n) is 15.1. The van der Waals surface area contributed by atoms with Gasteiger partial charge in [0.1, 0.15) is 6.61 Å². The van der Waals surface area contributed by atoms with E-state index in [-0.39, 0.29) is 32.2 Å². The molecule has 0 spiro atoms. The lowest BCUT2D eigenvalue weighted by atomic mass is 10.0. The van der Waals surface area contributed by atoms with Gasteiger partial charge in [-0.25, -0.2) is 4.57 Å². The van der Waals surface area contributed by atoms with Gasteiger partial charge < -0.3 is 14.4 Å². The number of hydrogen-bond acceptors (Lipinski definition) is 7. The fourth-order valence-corrected chi connectivity index (χ4v) is 7.26. The minimum atomic E-state index is -4.27. The minimum absolute atomic E-state index is 0.00359. The van der Waals surface area contributed by atoms with Crippen molar-refractivity contribution in [2.24, 2.45) is 0 Å². The van der Waals surface area contributed by atoms with Crippen molar-refractivity contribution in [3.05, 3.63) is 12.2 Å². The number of esters is 2. The van der Waals surface area contributed by atoms with Crippen LogP contribution in [0, 0.1) is 0 Å². The van der Waals surface area contributed by atoms with Crippen LogP contribution in [0.4, 0.5) is 0 Å². The Morgan fingerprint density at radius 2 is 0.849 bits per heavy atom. The van der Waals surface area contributed by atoms with Crippen molar-refractivity contribution in [1.29, 1.82) is 0 Å². The Hall–Kier alpha value is -1.21. The maximum absolute atomic E-state index is 12.6. The predicted molar refractivity (Wildman–Crippen MR) is 221 cm³/mol. The van der Waals surface area contributed by atoms with E-state index >= 15 is 0 Å². The summed E-state index contributed by atoms with van der Waals surface area (Å²) in [5.41, 5.74) is 0. The number of allylic oxidation sites excluding steroid dienone is 2. The summed E-state index contributed by atoms with van der Waals surface area (Å²) in [5.74, 6) is -0.789. The van der Waals surface area contributed by atoms with Crippen LogP contribution in [0.5, 0.6) is 0 Å². The molecule has 0 aliphatic heterocycles. The largest absolute Gasteiger partial charge is 0.472 e. The van der Waals surface area contributed by atoms with Crippen molar-refractivity contribution in [1.82, 2.24) is 0 Å². The van der Waals surface area contributed by atoms with Crippen molar-refractivity contribution < 1.29 is 37.6 Å². The number of carbonyl (C=O) groups excluding carboxylic acids is 2. The summed E-state index contributed by atoms with van der Waals surface area (Å²) >= 11 is 0. The molecule has 2 unspecified atom stereocenters. The summed E-state index contributed by atoms with van der Waals surface area (Å²) < 4.78 is 32.6. The lowest BCUT2D eigenvalue weighted by Crippen LogP contribution is -2.29. The Bertz CT molecular complexity index is 879. The van der Waals surface area contributed by atoms with Crippen molar-refractivity contribution in [2.45, 2.75) is 239 Å². The fraction of sp³-hybridized carbons (Fsp3) is 0.909. The van der Waals surface area contributed by atoms with E-state index in [2.05, 4.69) is 26.0 Å². The third-order valence-electron chi connectivity index (χ3n) is 9.82. The summed E-state index contributed by atoms with van der Waals surface area (Å²) in [6.07, 6.45) is 42.8. The molecule has 0 fully saturated rings. The molecule has 1 N–H and O–H groups in total. The summed E-state index contributed by atoms with van der Waals surface area (Å²) in [4.78, 5) is 34.7.